The van der Waals surface area contributed by atoms with E-state index in [-0.39, 0.29) is 5.91 Å². The molecule has 0 saturated carbocycles. The molecule has 6 nitrogen and oxygen atoms in total. The molecular formula is C18H21N5O. The number of aryl methyl sites for hydroxylation is 3. The minimum atomic E-state index is -0.176. The van der Waals surface area contributed by atoms with Crippen LogP contribution in [0.15, 0.2) is 36.7 Å². The lowest BCUT2D eigenvalue weighted by Gasteiger charge is -2.07. The predicted octanol–water partition coefficient (Wildman–Crippen LogP) is 2.84. The van der Waals surface area contributed by atoms with E-state index >= 15 is 0 Å². The fourth-order valence-electron chi connectivity index (χ4n) is 2.74. The van der Waals surface area contributed by atoms with Gasteiger partial charge in [0.05, 0.1) is 35.4 Å². The van der Waals surface area contributed by atoms with Gasteiger partial charge >= 0.3 is 0 Å². The lowest BCUT2D eigenvalue weighted by atomic mass is 10.1. The van der Waals surface area contributed by atoms with E-state index in [9.17, 15) is 4.79 Å². The Morgan fingerprint density at radius 2 is 2.04 bits per heavy atom. The fraction of sp³-hybridized carbons (Fsp3) is 0.278. The van der Waals surface area contributed by atoms with E-state index in [0.717, 1.165) is 17.1 Å². The molecule has 0 fully saturated rings. The highest BCUT2D eigenvalue weighted by molar-refractivity contribution is 6.04. The van der Waals surface area contributed by atoms with E-state index in [1.54, 1.807) is 24.1 Å². The molecule has 0 atom stereocenters. The normalized spacial score (nSPS) is 10.8. The summed E-state index contributed by atoms with van der Waals surface area (Å²) in [6.07, 6.45) is 3.24. The van der Waals surface area contributed by atoms with E-state index in [1.807, 2.05) is 24.6 Å². The molecule has 24 heavy (non-hydrogen) atoms. The van der Waals surface area contributed by atoms with Crippen LogP contribution < -0.4 is 5.32 Å². The number of hydrogen-bond acceptors (Lipinski definition) is 3. The maximum absolute atomic E-state index is 12.3. The number of carbonyl (C=O) groups excluding carboxylic acids is 1. The first-order valence-electron chi connectivity index (χ1n) is 7.83. The molecule has 0 saturated heterocycles. The zero-order valence-corrected chi connectivity index (χ0v) is 14.4. The second kappa shape index (κ2) is 6.31. The van der Waals surface area contributed by atoms with E-state index in [1.165, 1.54) is 11.1 Å². The van der Waals surface area contributed by atoms with Crippen LogP contribution in [0.1, 0.15) is 32.9 Å². The first-order valence-corrected chi connectivity index (χ1v) is 7.83. The summed E-state index contributed by atoms with van der Waals surface area (Å²) >= 11 is 0. The van der Waals surface area contributed by atoms with Crippen molar-refractivity contribution >= 4 is 11.6 Å². The zero-order chi connectivity index (χ0) is 17.3. The molecule has 0 aliphatic heterocycles. The van der Waals surface area contributed by atoms with Crippen LogP contribution in [0.3, 0.4) is 0 Å². The van der Waals surface area contributed by atoms with Crippen LogP contribution in [0.4, 0.5) is 5.69 Å². The standard InChI is InChI=1S/C18H21N5O/c1-12-6-5-7-15(8-12)10-23-14(3)17(13(2)21-23)20-18(24)16-9-19-22(4)11-16/h5-9,11H,10H2,1-4H3,(H,20,24). The van der Waals surface area contributed by atoms with Gasteiger partial charge in [0.2, 0.25) is 0 Å². The van der Waals surface area contributed by atoms with Gasteiger partial charge in [0.1, 0.15) is 0 Å². The van der Waals surface area contributed by atoms with Crippen LogP contribution in [0.25, 0.3) is 0 Å². The number of benzene rings is 1. The van der Waals surface area contributed by atoms with Crippen LogP contribution in [0.5, 0.6) is 0 Å². The number of carbonyl (C=O) groups is 1. The van der Waals surface area contributed by atoms with Crippen molar-refractivity contribution in [2.24, 2.45) is 7.05 Å². The van der Waals surface area contributed by atoms with Crippen molar-refractivity contribution in [1.29, 1.82) is 0 Å². The summed E-state index contributed by atoms with van der Waals surface area (Å²) < 4.78 is 3.53. The lowest BCUT2D eigenvalue weighted by molar-refractivity contribution is 0.102. The van der Waals surface area contributed by atoms with Gasteiger partial charge in [-0.1, -0.05) is 29.8 Å². The summed E-state index contributed by atoms with van der Waals surface area (Å²) in [6.45, 7) is 6.62. The second-order valence-corrected chi connectivity index (χ2v) is 6.05. The van der Waals surface area contributed by atoms with Crippen molar-refractivity contribution in [3.8, 4) is 0 Å². The first kappa shape index (κ1) is 16.0. The number of amides is 1. The Hall–Kier alpha value is -2.89. The van der Waals surface area contributed by atoms with E-state index < -0.39 is 0 Å². The molecule has 2 aromatic heterocycles. The van der Waals surface area contributed by atoms with Crippen molar-refractivity contribution < 1.29 is 4.79 Å². The predicted molar refractivity (Wildman–Crippen MR) is 93.1 cm³/mol. The Morgan fingerprint density at radius 1 is 1.25 bits per heavy atom. The Morgan fingerprint density at radius 3 is 2.71 bits per heavy atom. The van der Waals surface area contributed by atoms with Crippen molar-refractivity contribution in [2.75, 3.05) is 5.32 Å². The van der Waals surface area contributed by atoms with E-state index in [4.69, 9.17) is 0 Å². The summed E-state index contributed by atoms with van der Waals surface area (Å²) in [7, 11) is 1.78. The van der Waals surface area contributed by atoms with Crippen LogP contribution >= 0.6 is 0 Å². The van der Waals surface area contributed by atoms with E-state index in [2.05, 4.69) is 40.6 Å². The number of aromatic nitrogens is 4. The molecule has 0 spiro atoms. The molecule has 0 aliphatic rings. The van der Waals surface area contributed by atoms with Gasteiger partial charge < -0.3 is 5.32 Å². The topological polar surface area (TPSA) is 64.7 Å². The molecule has 3 rings (SSSR count). The number of anilines is 1. The summed E-state index contributed by atoms with van der Waals surface area (Å²) in [6, 6.07) is 8.34. The lowest BCUT2D eigenvalue weighted by Crippen LogP contribution is -2.12. The fourth-order valence-corrected chi connectivity index (χ4v) is 2.74. The number of rotatable bonds is 4. The molecular weight excluding hydrogens is 302 g/mol. The van der Waals surface area contributed by atoms with Crippen molar-refractivity contribution in [3.05, 3.63) is 64.7 Å². The molecule has 3 aromatic rings. The van der Waals surface area contributed by atoms with Crippen LogP contribution in [0, 0.1) is 20.8 Å². The molecule has 1 amide bonds. The third-order valence-electron chi connectivity index (χ3n) is 4.00. The zero-order valence-electron chi connectivity index (χ0n) is 14.4. The minimum Gasteiger partial charge on any atom is -0.319 e. The van der Waals surface area contributed by atoms with Crippen molar-refractivity contribution in [3.63, 3.8) is 0 Å². The third-order valence-corrected chi connectivity index (χ3v) is 4.00. The molecule has 2 heterocycles. The van der Waals surface area contributed by atoms with Crippen molar-refractivity contribution in [1.82, 2.24) is 19.6 Å². The Bertz CT molecular complexity index is 891. The van der Waals surface area contributed by atoms with Gasteiger partial charge in [-0.05, 0) is 26.3 Å². The molecule has 124 valence electrons. The van der Waals surface area contributed by atoms with Crippen LogP contribution in [0.2, 0.25) is 0 Å². The Kier molecular flexibility index (Phi) is 4.20. The van der Waals surface area contributed by atoms with Crippen molar-refractivity contribution in [2.45, 2.75) is 27.3 Å². The maximum Gasteiger partial charge on any atom is 0.258 e. The number of nitrogens with zero attached hydrogens (tertiary/aromatic N) is 4. The summed E-state index contributed by atoms with van der Waals surface area (Å²) in [5, 5.41) is 11.5. The van der Waals surface area contributed by atoms with Crippen LogP contribution in [-0.4, -0.2) is 25.5 Å². The molecule has 0 unspecified atom stereocenters. The van der Waals surface area contributed by atoms with E-state index in [0.29, 0.717) is 12.1 Å². The van der Waals surface area contributed by atoms with Gasteiger partial charge in [0, 0.05) is 13.2 Å². The summed E-state index contributed by atoms with van der Waals surface area (Å²) in [4.78, 5) is 12.3. The molecule has 6 heteroatoms. The van der Waals surface area contributed by atoms with Gasteiger partial charge in [-0.2, -0.15) is 10.2 Å². The largest absolute Gasteiger partial charge is 0.319 e. The Labute approximate surface area is 141 Å². The third kappa shape index (κ3) is 3.22. The summed E-state index contributed by atoms with van der Waals surface area (Å²) in [5.41, 5.74) is 5.44. The molecule has 1 N–H and O–H groups in total. The number of nitrogens with one attached hydrogen (secondary N) is 1. The van der Waals surface area contributed by atoms with Gasteiger partial charge in [0.25, 0.3) is 5.91 Å². The molecule has 0 bridgehead atoms. The quantitative estimate of drug-likeness (QED) is 0.803. The smallest absolute Gasteiger partial charge is 0.258 e. The molecule has 1 aromatic carbocycles. The number of hydrogen-bond donors (Lipinski definition) is 1. The second-order valence-electron chi connectivity index (χ2n) is 6.05. The maximum atomic E-state index is 12.3. The Balaban J connectivity index is 1.82. The highest BCUT2D eigenvalue weighted by Crippen LogP contribution is 2.21. The highest BCUT2D eigenvalue weighted by atomic mass is 16.1. The first-order chi connectivity index (χ1) is 11.4. The highest BCUT2D eigenvalue weighted by Gasteiger charge is 2.16. The summed E-state index contributed by atoms with van der Waals surface area (Å²) in [5.74, 6) is -0.176. The average Bonchev–Trinajstić information content (AvgIpc) is 3.07. The average molecular weight is 323 g/mol. The van der Waals surface area contributed by atoms with Gasteiger partial charge in [-0.25, -0.2) is 0 Å². The minimum absolute atomic E-state index is 0.176. The molecule has 0 aliphatic carbocycles. The van der Waals surface area contributed by atoms with Gasteiger partial charge in [0.15, 0.2) is 0 Å². The molecule has 0 radical (unpaired) electrons. The van der Waals surface area contributed by atoms with Gasteiger partial charge in [-0.15, -0.1) is 0 Å². The monoisotopic (exact) mass is 323 g/mol. The van der Waals surface area contributed by atoms with Gasteiger partial charge in [-0.3, -0.25) is 14.2 Å². The SMILES string of the molecule is Cc1cccc(Cn2nc(C)c(NC(=O)c3cnn(C)c3)c2C)c1. The van der Waals surface area contributed by atoms with Crippen LogP contribution in [-0.2, 0) is 13.6 Å².